The van der Waals surface area contributed by atoms with Crippen LogP contribution in [0.4, 0.5) is 0 Å². The summed E-state index contributed by atoms with van der Waals surface area (Å²) in [6.45, 7) is 2.77. The van der Waals surface area contributed by atoms with Gasteiger partial charge in [-0.15, -0.1) is 0 Å². The number of ether oxygens (including phenoxy) is 1. The van der Waals surface area contributed by atoms with Gasteiger partial charge in [0.05, 0.1) is 17.1 Å². The SMILES string of the molecule is Cc1c(C(=O)C(C)Oc2ccc(Cl)cc2Cl)c(O)n(Cc2ccccc2Cl)c(=O)c1C#N. The van der Waals surface area contributed by atoms with Gasteiger partial charge in [-0.3, -0.25) is 14.2 Å². The quantitative estimate of drug-likeness (QED) is 0.467. The number of benzene rings is 2. The molecule has 0 radical (unpaired) electrons. The van der Waals surface area contributed by atoms with E-state index in [4.69, 9.17) is 39.5 Å². The molecule has 164 valence electrons. The molecular formula is C23H17Cl3N2O4. The molecule has 32 heavy (non-hydrogen) atoms. The number of ketones is 1. The molecule has 0 saturated heterocycles. The standard InChI is InChI=1S/C23H17Cl3N2O4/c1-12-16(10-27)22(30)28(11-14-5-3-4-6-17(14)25)23(31)20(12)21(29)13(2)32-19-8-7-15(24)9-18(19)26/h3-9,13,31H,11H2,1-2H3. The van der Waals surface area contributed by atoms with Crippen molar-refractivity contribution in [3.63, 3.8) is 0 Å². The number of carbonyl (C=O) groups is 1. The van der Waals surface area contributed by atoms with E-state index >= 15 is 0 Å². The largest absolute Gasteiger partial charge is 0.494 e. The Balaban J connectivity index is 2.07. The average molecular weight is 492 g/mol. The third-order valence-corrected chi connectivity index (χ3v) is 5.80. The van der Waals surface area contributed by atoms with E-state index < -0.39 is 23.3 Å². The molecule has 1 heterocycles. The number of aromatic nitrogens is 1. The summed E-state index contributed by atoms with van der Waals surface area (Å²) in [5.74, 6) is -0.983. The van der Waals surface area contributed by atoms with Gasteiger partial charge in [0, 0.05) is 10.0 Å². The predicted octanol–water partition coefficient (Wildman–Crippen LogP) is 5.39. The molecule has 1 atom stereocenters. The number of hydrogen-bond donors (Lipinski definition) is 1. The van der Waals surface area contributed by atoms with Gasteiger partial charge in [0.2, 0.25) is 11.7 Å². The number of nitrogens with zero attached hydrogens (tertiary/aromatic N) is 2. The first-order valence-electron chi connectivity index (χ1n) is 9.41. The maximum Gasteiger partial charge on any atom is 0.271 e. The van der Waals surface area contributed by atoms with Gasteiger partial charge in [0.1, 0.15) is 17.4 Å². The van der Waals surface area contributed by atoms with Gasteiger partial charge in [0.25, 0.3) is 5.56 Å². The Kier molecular flexibility index (Phi) is 7.15. The van der Waals surface area contributed by atoms with Crippen molar-refractivity contribution in [2.75, 3.05) is 0 Å². The number of rotatable bonds is 6. The van der Waals surface area contributed by atoms with E-state index in [1.165, 1.54) is 26.0 Å². The maximum absolute atomic E-state index is 13.2. The molecule has 1 N–H and O–H groups in total. The average Bonchev–Trinajstić information content (AvgIpc) is 2.74. The molecule has 9 heteroatoms. The van der Waals surface area contributed by atoms with Crippen LogP contribution in [0.15, 0.2) is 47.3 Å². The predicted molar refractivity (Wildman–Crippen MR) is 123 cm³/mol. The molecule has 1 unspecified atom stereocenters. The summed E-state index contributed by atoms with van der Waals surface area (Å²) in [6.07, 6.45) is -1.09. The molecule has 3 rings (SSSR count). The lowest BCUT2D eigenvalue weighted by Gasteiger charge is -2.19. The second-order valence-corrected chi connectivity index (χ2v) is 8.24. The van der Waals surface area contributed by atoms with Crippen LogP contribution in [0.2, 0.25) is 15.1 Å². The lowest BCUT2D eigenvalue weighted by molar-refractivity contribution is 0.0813. The van der Waals surface area contributed by atoms with Crippen molar-refractivity contribution in [3.8, 4) is 17.7 Å². The summed E-state index contributed by atoms with van der Waals surface area (Å²) in [7, 11) is 0. The normalized spacial score (nSPS) is 11.6. The lowest BCUT2D eigenvalue weighted by atomic mass is 9.99. The van der Waals surface area contributed by atoms with Crippen LogP contribution in [0.5, 0.6) is 11.6 Å². The van der Waals surface area contributed by atoms with Crippen molar-refractivity contribution < 1.29 is 14.6 Å². The molecule has 0 aliphatic rings. The van der Waals surface area contributed by atoms with E-state index in [2.05, 4.69) is 0 Å². The molecule has 0 saturated carbocycles. The molecule has 0 aliphatic heterocycles. The Morgan fingerprint density at radius 2 is 1.88 bits per heavy atom. The minimum atomic E-state index is -1.09. The topological polar surface area (TPSA) is 92.3 Å². The Labute approximate surface area is 199 Å². The van der Waals surface area contributed by atoms with Crippen LogP contribution >= 0.6 is 34.8 Å². The van der Waals surface area contributed by atoms with Crippen molar-refractivity contribution >= 4 is 40.6 Å². The fourth-order valence-electron chi connectivity index (χ4n) is 3.21. The van der Waals surface area contributed by atoms with Gasteiger partial charge < -0.3 is 9.84 Å². The first-order chi connectivity index (χ1) is 15.1. The Morgan fingerprint density at radius 1 is 1.19 bits per heavy atom. The molecule has 0 bridgehead atoms. The van der Waals surface area contributed by atoms with Crippen molar-refractivity contribution in [1.29, 1.82) is 5.26 Å². The zero-order valence-electron chi connectivity index (χ0n) is 17.0. The van der Waals surface area contributed by atoms with Crippen molar-refractivity contribution in [3.05, 3.63) is 90.1 Å². The summed E-state index contributed by atoms with van der Waals surface area (Å²) in [5.41, 5.74) is -0.572. The van der Waals surface area contributed by atoms with E-state index in [9.17, 15) is 20.0 Å². The van der Waals surface area contributed by atoms with Crippen molar-refractivity contribution in [1.82, 2.24) is 4.57 Å². The zero-order valence-corrected chi connectivity index (χ0v) is 19.3. The molecular weight excluding hydrogens is 475 g/mol. The van der Waals surface area contributed by atoms with Crippen LogP contribution in [0.3, 0.4) is 0 Å². The molecule has 0 amide bonds. The lowest BCUT2D eigenvalue weighted by Crippen LogP contribution is -2.31. The molecule has 0 aliphatic carbocycles. The van der Waals surface area contributed by atoms with Crippen molar-refractivity contribution in [2.45, 2.75) is 26.5 Å². The number of carbonyl (C=O) groups excluding carboxylic acids is 1. The minimum absolute atomic E-state index is 0.0630. The molecule has 6 nitrogen and oxygen atoms in total. The van der Waals surface area contributed by atoms with Crippen LogP contribution in [-0.2, 0) is 6.54 Å². The highest BCUT2D eigenvalue weighted by atomic mass is 35.5. The third kappa shape index (κ3) is 4.61. The fraction of sp³-hybridized carbons (Fsp3) is 0.174. The molecule has 3 aromatic rings. The van der Waals surface area contributed by atoms with Crippen LogP contribution in [0.25, 0.3) is 0 Å². The van der Waals surface area contributed by atoms with Gasteiger partial charge in [-0.05, 0) is 49.2 Å². The van der Waals surface area contributed by atoms with Gasteiger partial charge in [0.15, 0.2) is 6.10 Å². The van der Waals surface area contributed by atoms with Gasteiger partial charge >= 0.3 is 0 Å². The molecule has 0 fully saturated rings. The van der Waals surface area contributed by atoms with E-state index in [0.29, 0.717) is 15.6 Å². The van der Waals surface area contributed by atoms with Gasteiger partial charge in [-0.25, -0.2) is 0 Å². The van der Waals surface area contributed by atoms with Crippen LogP contribution in [0, 0.1) is 18.3 Å². The summed E-state index contributed by atoms with van der Waals surface area (Å²) < 4.78 is 6.61. The molecule has 2 aromatic carbocycles. The number of pyridine rings is 1. The minimum Gasteiger partial charge on any atom is -0.494 e. The highest BCUT2D eigenvalue weighted by Crippen LogP contribution is 2.30. The number of hydrogen-bond acceptors (Lipinski definition) is 5. The van der Waals surface area contributed by atoms with Crippen LogP contribution in [-0.4, -0.2) is 21.6 Å². The van der Waals surface area contributed by atoms with Gasteiger partial charge in [-0.1, -0.05) is 53.0 Å². The summed E-state index contributed by atoms with van der Waals surface area (Å²) in [4.78, 5) is 26.0. The summed E-state index contributed by atoms with van der Waals surface area (Å²) in [5, 5.41) is 21.4. The van der Waals surface area contributed by atoms with Crippen LogP contribution < -0.4 is 10.3 Å². The Hall–Kier alpha value is -2.98. The fourth-order valence-corrected chi connectivity index (χ4v) is 3.86. The van der Waals surface area contributed by atoms with E-state index in [1.807, 2.05) is 6.07 Å². The second-order valence-electron chi connectivity index (χ2n) is 6.99. The monoisotopic (exact) mass is 490 g/mol. The Morgan fingerprint density at radius 3 is 2.50 bits per heavy atom. The highest BCUT2D eigenvalue weighted by molar-refractivity contribution is 6.35. The van der Waals surface area contributed by atoms with E-state index in [0.717, 1.165) is 4.57 Å². The highest BCUT2D eigenvalue weighted by Gasteiger charge is 2.28. The first-order valence-corrected chi connectivity index (χ1v) is 10.5. The molecule has 0 spiro atoms. The zero-order chi connectivity index (χ0) is 23.6. The maximum atomic E-state index is 13.2. The first kappa shape index (κ1) is 23.7. The Bertz CT molecular complexity index is 1310. The second kappa shape index (κ2) is 9.66. The van der Waals surface area contributed by atoms with Crippen LogP contribution in [0.1, 0.15) is 34.0 Å². The van der Waals surface area contributed by atoms with E-state index in [-0.39, 0.29) is 34.0 Å². The number of nitriles is 1. The van der Waals surface area contributed by atoms with E-state index in [1.54, 1.807) is 30.3 Å². The smallest absolute Gasteiger partial charge is 0.271 e. The third-order valence-electron chi connectivity index (χ3n) is 4.90. The number of aromatic hydroxyl groups is 1. The van der Waals surface area contributed by atoms with Crippen molar-refractivity contribution in [2.24, 2.45) is 0 Å². The number of halogens is 3. The molecule has 1 aromatic heterocycles. The summed E-state index contributed by atoms with van der Waals surface area (Å²) in [6, 6.07) is 13.1. The van der Waals surface area contributed by atoms with Gasteiger partial charge in [-0.2, -0.15) is 5.26 Å². The number of Topliss-reactive ketones (excluding diaryl/α,β-unsaturated/α-hetero) is 1. The summed E-state index contributed by atoms with van der Waals surface area (Å²) >= 11 is 18.2.